The van der Waals surface area contributed by atoms with Crippen molar-refractivity contribution in [3.05, 3.63) is 48.0 Å². The quantitative estimate of drug-likeness (QED) is 0.590. The maximum absolute atomic E-state index is 12.3. The van der Waals surface area contributed by atoms with Gasteiger partial charge >= 0.3 is 0 Å². The number of fused-ring (bicyclic) bond motifs is 1. The predicted molar refractivity (Wildman–Crippen MR) is 108 cm³/mol. The minimum Gasteiger partial charge on any atom is -0.349 e. The summed E-state index contributed by atoms with van der Waals surface area (Å²) in [5.74, 6) is 1.33. The Labute approximate surface area is 159 Å². The van der Waals surface area contributed by atoms with Gasteiger partial charge in [0.2, 0.25) is 5.91 Å². The third-order valence-corrected chi connectivity index (χ3v) is 6.72. The van der Waals surface area contributed by atoms with Gasteiger partial charge in [0.05, 0.1) is 11.8 Å². The van der Waals surface area contributed by atoms with Crippen molar-refractivity contribution < 1.29 is 4.79 Å². The fourth-order valence-corrected chi connectivity index (χ4v) is 5.28. The predicted octanol–water partition coefficient (Wildman–Crippen LogP) is 4.77. The molecule has 130 valence electrons. The first-order chi connectivity index (χ1) is 12.2. The number of nitrogens with one attached hydrogen (secondary N) is 1. The fourth-order valence-electron chi connectivity index (χ4n) is 2.55. The van der Waals surface area contributed by atoms with Crippen molar-refractivity contribution in [3.63, 3.8) is 0 Å². The van der Waals surface area contributed by atoms with Gasteiger partial charge in [-0.25, -0.2) is 0 Å². The van der Waals surface area contributed by atoms with Gasteiger partial charge in [0.1, 0.15) is 0 Å². The topological polar surface area (TPSA) is 54.9 Å². The number of thioether (sulfide) groups is 2. The number of aromatic nitrogens is 2. The Hall–Kier alpha value is -1.57. The molecule has 0 saturated carbocycles. The van der Waals surface area contributed by atoms with Crippen molar-refractivity contribution in [2.45, 2.75) is 28.6 Å². The smallest absolute Gasteiger partial charge is 0.230 e. The summed E-state index contributed by atoms with van der Waals surface area (Å²) < 4.78 is 1.79. The standard InChI is InChI=1S/C18H19N3OS3/c1-3-23-17-20-21-18(25-17)24-11-16(22)19-12(2)14-10-6-8-13-7-4-5-9-15(13)14/h4-10,12H,3,11H2,1-2H3,(H,19,22). The Balaban J connectivity index is 1.60. The third-order valence-electron chi connectivity index (χ3n) is 3.65. The zero-order valence-electron chi connectivity index (χ0n) is 14.1. The average molecular weight is 390 g/mol. The molecule has 1 aromatic heterocycles. The molecule has 0 spiro atoms. The first kappa shape index (κ1) is 18.2. The maximum Gasteiger partial charge on any atom is 0.230 e. The van der Waals surface area contributed by atoms with E-state index in [4.69, 9.17) is 0 Å². The molecule has 2 aromatic carbocycles. The molecule has 25 heavy (non-hydrogen) atoms. The Bertz CT molecular complexity index is 860. The number of benzene rings is 2. The molecule has 0 bridgehead atoms. The highest BCUT2D eigenvalue weighted by atomic mass is 32.2. The second kappa shape index (κ2) is 8.69. The van der Waals surface area contributed by atoms with Crippen LogP contribution >= 0.6 is 34.9 Å². The van der Waals surface area contributed by atoms with Crippen LogP contribution in [0.3, 0.4) is 0 Å². The Morgan fingerprint density at radius 2 is 1.84 bits per heavy atom. The van der Waals surface area contributed by atoms with E-state index in [-0.39, 0.29) is 11.9 Å². The molecular weight excluding hydrogens is 370 g/mol. The molecule has 0 aliphatic rings. The molecule has 1 unspecified atom stereocenters. The van der Waals surface area contributed by atoms with Gasteiger partial charge < -0.3 is 5.32 Å². The minimum atomic E-state index is -0.0418. The minimum absolute atomic E-state index is 0.00493. The second-order valence-electron chi connectivity index (χ2n) is 5.41. The summed E-state index contributed by atoms with van der Waals surface area (Å²) in [5.41, 5.74) is 1.13. The SMILES string of the molecule is CCSc1nnc(SCC(=O)NC(C)c2cccc3ccccc23)s1. The lowest BCUT2D eigenvalue weighted by molar-refractivity contribution is -0.119. The van der Waals surface area contributed by atoms with Crippen molar-refractivity contribution in [2.24, 2.45) is 0 Å². The van der Waals surface area contributed by atoms with Gasteiger partial charge in [-0.2, -0.15) is 0 Å². The number of rotatable bonds is 7. The normalized spacial score (nSPS) is 12.2. The largest absolute Gasteiger partial charge is 0.349 e. The third kappa shape index (κ3) is 4.74. The van der Waals surface area contributed by atoms with E-state index in [1.807, 2.05) is 25.1 Å². The summed E-state index contributed by atoms with van der Waals surface area (Å²) in [6.07, 6.45) is 0. The van der Waals surface area contributed by atoms with E-state index in [0.717, 1.165) is 20.0 Å². The van der Waals surface area contributed by atoms with Crippen LogP contribution in [0.25, 0.3) is 10.8 Å². The summed E-state index contributed by atoms with van der Waals surface area (Å²) in [6, 6.07) is 14.4. The molecule has 0 radical (unpaired) electrons. The molecule has 0 aliphatic carbocycles. The Kier molecular flexibility index (Phi) is 6.34. The van der Waals surface area contributed by atoms with Crippen LogP contribution in [0.4, 0.5) is 0 Å². The van der Waals surface area contributed by atoms with Gasteiger partial charge in [0.25, 0.3) is 0 Å². The van der Waals surface area contributed by atoms with Crippen molar-refractivity contribution in [1.29, 1.82) is 0 Å². The summed E-state index contributed by atoms with van der Waals surface area (Å²) in [6.45, 7) is 4.10. The van der Waals surface area contributed by atoms with Crippen LogP contribution in [0.1, 0.15) is 25.5 Å². The van der Waals surface area contributed by atoms with E-state index in [9.17, 15) is 4.79 Å². The molecule has 0 aliphatic heterocycles. The number of amides is 1. The van der Waals surface area contributed by atoms with E-state index >= 15 is 0 Å². The first-order valence-corrected chi connectivity index (χ1v) is 10.8. The highest BCUT2D eigenvalue weighted by molar-refractivity contribution is 8.03. The molecule has 3 rings (SSSR count). The van der Waals surface area contributed by atoms with Gasteiger partial charge in [-0.3, -0.25) is 4.79 Å². The average Bonchev–Trinajstić information content (AvgIpc) is 3.07. The summed E-state index contributed by atoms with van der Waals surface area (Å²) in [5, 5.41) is 13.7. The number of carbonyl (C=O) groups excluding carboxylic acids is 1. The lowest BCUT2D eigenvalue weighted by Gasteiger charge is -2.16. The van der Waals surface area contributed by atoms with Gasteiger partial charge in [0.15, 0.2) is 8.68 Å². The van der Waals surface area contributed by atoms with Crippen LogP contribution in [-0.2, 0) is 4.79 Å². The van der Waals surface area contributed by atoms with E-state index in [1.165, 1.54) is 22.5 Å². The van der Waals surface area contributed by atoms with Crippen LogP contribution in [0.5, 0.6) is 0 Å². The zero-order valence-corrected chi connectivity index (χ0v) is 16.5. The maximum atomic E-state index is 12.3. The molecule has 1 amide bonds. The van der Waals surface area contributed by atoms with Crippen LogP contribution in [0.15, 0.2) is 51.1 Å². The highest BCUT2D eigenvalue weighted by Crippen LogP contribution is 2.29. The Morgan fingerprint density at radius 3 is 2.64 bits per heavy atom. The second-order valence-corrected chi connectivity index (χ2v) is 9.12. The van der Waals surface area contributed by atoms with Gasteiger partial charge in [-0.15, -0.1) is 10.2 Å². The van der Waals surface area contributed by atoms with Crippen molar-refractivity contribution >= 4 is 51.5 Å². The lowest BCUT2D eigenvalue weighted by Crippen LogP contribution is -2.28. The molecule has 1 atom stereocenters. The Morgan fingerprint density at radius 1 is 1.12 bits per heavy atom. The number of nitrogens with zero attached hydrogens (tertiary/aromatic N) is 2. The zero-order chi connectivity index (χ0) is 17.6. The molecule has 0 fully saturated rings. The highest BCUT2D eigenvalue weighted by Gasteiger charge is 2.13. The fraction of sp³-hybridized carbons (Fsp3) is 0.278. The monoisotopic (exact) mass is 389 g/mol. The molecular formula is C18H19N3OS3. The van der Waals surface area contributed by atoms with Crippen LogP contribution in [-0.4, -0.2) is 27.6 Å². The molecule has 1 heterocycles. The summed E-state index contributed by atoms with van der Waals surface area (Å²) in [4.78, 5) is 12.3. The summed E-state index contributed by atoms with van der Waals surface area (Å²) in [7, 11) is 0. The number of hydrogen-bond acceptors (Lipinski definition) is 6. The van der Waals surface area contributed by atoms with E-state index in [1.54, 1.807) is 23.1 Å². The van der Waals surface area contributed by atoms with E-state index < -0.39 is 0 Å². The molecule has 3 aromatic rings. The van der Waals surface area contributed by atoms with Gasteiger partial charge in [-0.1, -0.05) is 84.2 Å². The first-order valence-electron chi connectivity index (χ1n) is 8.03. The lowest BCUT2D eigenvalue weighted by atomic mass is 10.00. The van der Waals surface area contributed by atoms with Crippen molar-refractivity contribution in [1.82, 2.24) is 15.5 Å². The van der Waals surface area contributed by atoms with Crippen LogP contribution in [0, 0.1) is 0 Å². The van der Waals surface area contributed by atoms with E-state index in [2.05, 4.69) is 46.7 Å². The number of carbonyl (C=O) groups is 1. The number of hydrogen-bond donors (Lipinski definition) is 1. The van der Waals surface area contributed by atoms with Gasteiger partial charge in [-0.05, 0) is 29.0 Å². The molecule has 1 N–H and O–H groups in total. The van der Waals surface area contributed by atoms with Crippen LogP contribution in [0.2, 0.25) is 0 Å². The van der Waals surface area contributed by atoms with Gasteiger partial charge in [0, 0.05) is 0 Å². The van der Waals surface area contributed by atoms with E-state index in [0.29, 0.717) is 5.75 Å². The summed E-state index contributed by atoms with van der Waals surface area (Å²) >= 11 is 4.65. The molecule has 4 nitrogen and oxygen atoms in total. The van der Waals surface area contributed by atoms with Crippen LogP contribution < -0.4 is 5.32 Å². The molecule has 7 heteroatoms. The van der Waals surface area contributed by atoms with Crippen molar-refractivity contribution in [3.8, 4) is 0 Å². The van der Waals surface area contributed by atoms with Crippen molar-refractivity contribution in [2.75, 3.05) is 11.5 Å². The molecule has 0 saturated heterocycles.